The van der Waals surface area contributed by atoms with Crippen LogP contribution in [0.2, 0.25) is 5.02 Å². The summed E-state index contributed by atoms with van der Waals surface area (Å²) < 4.78 is 15.9. The summed E-state index contributed by atoms with van der Waals surface area (Å²) in [5, 5.41) is 16.2. The van der Waals surface area contributed by atoms with Crippen molar-refractivity contribution in [3.8, 4) is 5.69 Å². The van der Waals surface area contributed by atoms with Crippen LogP contribution in [-0.4, -0.2) is 20.8 Å². The molecule has 0 saturated heterocycles. The summed E-state index contributed by atoms with van der Waals surface area (Å²) in [4.78, 5) is 0. The molecule has 1 aromatic heterocycles. The molecule has 5 nitrogen and oxygen atoms in total. The van der Waals surface area contributed by atoms with Crippen molar-refractivity contribution in [2.45, 2.75) is 13.8 Å². The zero-order chi connectivity index (χ0) is 15.0. The largest absolute Gasteiger partial charge is 0.409 e. The molecule has 0 radical (unpaired) electrons. The SMILES string of the molecule is Cc1nn(-c2ccc(/C(N)=N/O)c(Br)c2F)c(C)c1Cl. The summed E-state index contributed by atoms with van der Waals surface area (Å²) in [6.07, 6.45) is 0. The topological polar surface area (TPSA) is 76.4 Å². The molecule has 8 heteroatoms. The molecule has 106 valence electrons. The van der Waals surface area contributed by atoms with Gasteiger partial charge in [0.15, 0.2) is 11.7 Å². The van der Waals surface area contributed by atoms with Crippen molar-refractivity contribution in [3.05, 3.63) is 44.4 Å². The van der Waals surface area contributed by atoms with E-state index in [0.29, 0.717) is 16.4 Å². The van der Waals surface area contributed by atoms with Crippen molar-refractivity contribution in [1.82, 2.24) is 9.78 Å². The lowest BCUT2D eigenvalue weighted by atomic mass is 10.2. The zero-order valence-corrected chi connectivity index (χ0v) is 13.0. The fraction of sp³-hybridized carbons (Fsp3) is 0.167. The Morgan fingerprint density at radius 2 is 2.15 bits per heavy atom. The third kappa shape index (κ3) is 2.27. The highest BCUT2D eigenvalue weighted by Gasteiger charge is 2.18. The van der Waals surface area contributed by atoms with Gasteiger partial charge in [0, 0.05) is 5.56 Å². The van der Waals surface area contributed by atoms with Gasteiger partial charge in [0.2, 0.25) is 0 Å². The summed E-state index contributed by atoms with van der Waals surface area (Å²) >= 11 is 9.15. The fourth-order valence-electron chi connectivity index (χ4n) is 1.81. The van der Waals surface area contributed by atoms with E-state index in [4.69, 9.17) is 22.5 Å². The molecule has 0 spiro atoms. The highest BCUT2D eigenvalue weighted by molar-refractivity contribution is 9.10. The van der Waals surface area contributed by atoms with Gasteiger partial charge in [0.05, 0.1) is 20.9 Å². The lowest BCUT2D eigenvalue weighted by Gasteiger charge is -2.10. The third-order valence-electron chi connectivity index (χ3n) is 2.88. The number of hydrogen-bond acceptors (Lipinski definition) is 3. The van der Waals surface area contributed by atoms with Crippen LogP contribution in [0.25, 0.3) is 5.69 Å². The van der Waals surface area contributed by atoms with Gasteiger partial charge in [-0.05, 0) is 41.9 Å². The van der Waals surface area contributed by atoms with E-state index in [-0.39, 0.29) is 21.6 Å². The molecule has 0 bridgehead atoms. The van der Waals surface area contributed by atoms with E-state index in [2.05, 4.69) is 26.2 Å². The molecular formula is C12H11BrClFN4O. The first kappa shape index (κ1) is 14.8. The first-order valence-corrected chi connectivity index (χ1v) is 6.73. The molecule has 0 aliphatic rings. The second-order valence-corrected chi connectivity index (χ2v) is 5.31. The Bertz CT molecular complexity index is 714. The van der Waals surface area contributed by atoms with Gasteiger partial charge in [-0.1, -0.05) is 16.8 Å². The fourth-order valence-corrected chi connectivity index (χ4v) is 2.47. The highest BCUT2D eigenvalue weighted by atomic mass is 79.9. The molecule has 0 amide bonds. The molecule has 0 atom stereocenters. The van der Waals surface area contributed by atoms with Gasteiger partial charge in [0.1, 0.15) is 5.69 Å². The van der Waals surface area contributed by atoms with Crippen molar-refractivity contribution in [2.75, 3.05) is 0 Å². The highest BCUT2D eigenvalue weighted by Crippen LogP contribution is 2.29. The molecule has 1 heterocycles. The molecule has 2 aromatic rings. The maximum Gasteiger partial charge on any atom is 0.171 e. The molecular weight excluding hydrogens is 351 g/mol. The van der Waals surface area contributed by atoms with Crippen LogP contribution in [0.3, 0.4) is 0 Å². The smallest absolute Gasteiger partial charge is 0.171 e. The predicted octanol–water partition coefficient (Wildman–Crippen LogP) is 3.14. The Kier molecular flexibility index (Phi) is 4.01. The third-order valence-corrected chi connectivity index (χ3v) is 4.20. The number of rotatable bonds is 2. The average molecular weight is 362 g/mol. The number of halogens is 3. The monoisotopic (exact) mass is 360 g/mol. The summed E-state index contributed by atoms with van der Waals surface area (Å²) in [5.74, 6) is -0.759. The van der Waals surface area contributed by atoms with E-state index in [1.165, 1.54) is 16.8 Å². The Morgan fingerprint density at radius 1 is 1.50 bits per heavy atom. The van der Waals surface area contributed by atoms with Gasteiger partial charge in [-0.25, -0.2) is 9.07 Å². The second kappa shape index (κ2) is 5.41. The van der Waals surface area contributed by atoms with E-state index in [9.17, 15) is 4.39 Å². The van der Waals surface area contributed by atoms with Crippen LogP contribution >= 0.6 is 27.5 Å². The van der Waals surface area contributed by atoms with E-state index in [1.54, 1.807) is 13.8 Å². The Balaban J connectivity index is 2.66. The maximum absolute atomic E-state index is 14.4. The van der Waals surface area contributed by atoms with E-state index >= 15 is 0 Å². The van der Waals surface area contributed by atoms with Gasteiger partial charge in [-0.2, -0.15) is 5.10 Å². The number of oxime groups is 1. The first-order chi connectivity index (χ1) is 9.38. The van der Waals surface area contributed by atoms with Gasteiger partial charge in [-0.15, -0.1) is 0 Å². The van der Waals surface area contributed by atoms with Crippen molar-refractivity contribution in [1.29, 1.82) is 0 Å². The van der Waals surface area contributed by atoms with Gasteiger partial charge in [0.25, 0.3) is 0 Å². The number of amidine groups is 1. The maximum atomic E-state index is 14.4. The average Bonchev–Trinajstić information content (AvgIpc) is 2.68. The predicted molar refractivity (Wildman–Crippen MR) is 78.2 cm³/mol. The van der Waals surface area contributed by atoms with Crippen LogP contribution in [0.1, 0.15) is 17.0 Å². The number of hydrogen-bond donors (Lipinski definition) is 2. The Hall–Kier alpha value is -1.60. The number of benzene rings is 1. The number of aromatic nitrogens is 2. The van der Waals surface area contributed by atoms with Gasteiger partial charge in [-0.3, -0.25) is 0 Å². The summed E-state index contributed by atoms with van der Waals surface area (Å²) in [6, 6.07) is 3.02. The second-order valence-electron chi connectivity index (χ2n) is 4.14. The lowest BCUT2D eigenvalue weighted by Crippen LogP contribution is -2.15. The van der Waals surface area contributed by atoms with Crippen molar-refractivity contribution >= 4 is 33.4 Å². The molecule has 0 fully saturated rings. The summed E-state index contributed by atoms with van der Waals surface area (Å²) in [6.45, 7) is 3.48. The van der Waals surface area contributed by atoms with Crippen molar-refractivity contribution in [3.63, 3.8) is 0 Å². The molecule has 3 N–H and O–H groups in total. The van der Waals surface area contributed by atoms with Crippen LogP contribution < -0.4 is 5.73 Å². The van der Waals surface area contributed by atoms with Crippen LogP contribution in [0.4, 0.5) is 4.39 Å². The minimum absolute atomic E-state index is 0.0916. The standard InChI is InChI=1S/C12H11BrClFN4O/c1-5-10(14)6(2)19(17-5)8-4-3-7(12(16)18-20)9(13)11(8)15/h3-4,20H,1-2H3,(H2,16,18). The molecule has 0 aliphatic carbocycles. The van der Waals surface area contributed by atoms with E-state index in [1.807, 2.05) is 0 Å². The molecule has 1 aromatic carbocycles. The van der Waals surface area contributed by atoms with E-state index in [0.717, 1.165) is 0 Å². The van der Waals surface area contributed by atoms with Crippen molar-refractivity contribution < 1.29 is 9.60 Å². The minimum atomic E-state index is -0.573. The molecule has 0 aliphatic heterocycles. The molecule has 2 rings (SSSR count). The summed E-state index contributed by atoms with van der Waals surface area (Å²) in [5.41, 5.74) is 7.19. The number of nitrogens with two attached hydrogens (primary N) is 1. The van der Waals surface area contributed by atoms with Gasteiger partial charge < -0.3 is 10.9 Å². The lowest BCUT2D eigenvalue weighted by molar-refractivity contribution is 0.318. The minimum Gasteiger partial charge on any atom is -0.409 e. The van der Waals surface area contributed by atoms with Gasteiger partial charge >= 0.3 is 0 Å². The molecule has 20 heavy (non-hydrogen) atoms. The van der Waals surface area contributed by atoms with E-state index < -0.39 is 5.82 Å². The Labute approximate surface area is 128 Å². The summed E-state index contributed by atoms with van der Waals surface area (Å²) in [7, 11) is 0. The number of aryl methyl sites for hydroxylation is 1. The normalized spacial score (nSPS) is 11.9. The zero-order valence-electron chi connectivity index (χ0n) is 10.7. The Morgan fingerprint density at radius 3 is 2.65 bits per heavy atom. The van der Waals surface area contributed by atoms with Crippen molar-refractivity contribution in [2.24, 2.45) is 10.9 Å². The van der Waals surface area contributed by atoms with Crippen LogP contribution in [0.5, 0.6) is 0 Å². The first-order valence-electron chi connectivity index (χ1n) is 5.56. The number of nitrogens with zero attached hydrogens (tertiary/aromatic N) is 3. The van der Waals surface area contributed by atoms with Crippen LogP contribution in [0.15, 0.2) is 21.8 Å². The molecule has 0 saturated carbocycles. The van der Waals surface area contributed by atoms with Crippen LogP contribution in [0, 0.1) is 19.7 Å². The van der Waals surface area contributed by atoms with Crippen LogP contribution in [-0.2, 0) is 0 Å². The quantitative estimate of drug-likeness (QED) is 0.373. The molecule has 0 unspecified atom stereocenters.